The van der Waals surface area contributed by atoms with E-state index in [4.69, 9.17) is 5.73 Å². The number of phenols is 2. The lowest BCUT2D eigenvalue weighted by Crippen LogP contribution is -2.33. The second kappa shape index (κ2) is 13.3. The molecule has 0 aliphatic heterocycles. The second-order valence-electron chi connectivity index (χ2n) is 7.57. The van der Waals surface area contributed by atoms with Crippen molar-refractivity contribution in [3.8, 4) is 11.5 Å². The van der Waals surface area contributed by atoms with Crippen molar-refractivity contribution in [2.24, 2.45) is 5.73 Å². The maximum absolute atomic E-state index is 10.1. The highest BCUT2D eigenvalue weighted by atomic mass is 79.9. The number of aromatic nitrogens is 2. The van der Waals surface area contributed by atoms with Crippen molar-refractivity contribution in [2.75, 3.05) is 13.1 Å². The summed E-state index contributed by atoms with van der Waals surface area (Å²) in [6, 6.07) is 3.68. The summed E-state index contributed by atoms with van der Waals surface area (Å²) in [5, 5.41) is 23.3. The third-order valence-electron chi connectivity index (χ3n) is 5.67. The van der Waals surface area contributed by atoms with Crippen LogP contribution in [0.15, 0.2) is 24.7 Å². The molecule has 2 aromatic rings. The molecule has 1 aliphatic carbocycles. The van der Waals surface area contributed by atoms with Crippen molar-refractivity contribution < 1.29 is 10.2 Å². The predicted octanol–water partition coefficient (Wildman–Crippen LogP) is 4.12. The molecule has 1 heterocycles. The minimum Gasteiger partial charge on any atom is -0.504 e. The van der Waals surface area contributed by atoms with Gasteiger partial charge in [0, 0.05) is 30.8 Å². The molecule has 0 radical (unpaired) electrons. The number of H-pyrrole nitrogens is 1. The number of hydrogen-bond donors (Lipinski definition) is 5. The molecule has 0 saturated heterocycles. The highest BCUT2D eigenvalue weighted by molar-refractivity contribution is 8.93. The molecule has 2 unspecified atom stereocenters. The van der Waals surface area contributed by atoms with Gasteiger partial charge in [0.25, 0.3) is 0 Å². The van der Waals surface area contributed by atoms with Gasteiger partial charge in [0.1, 0.15) is 0 Å². The number of benzene rings is 1. The van der Waals surface area contributed by atoms with Gasteiger partial charge in [-0.1, -0.05) is 25.3 Å². The molecule has 6 nitrogen and oxygen atoms in total. The molecule has 0 amide bonds. The first-order valence-electron chi connectivity index (χ1n) is 10.1. The zero-order chi connectivity index (χ0) is 19.1. The number of nitrogens with one attached hydrogen (secondary N) is 2. The van der Waals surface area contributed by atoms with Crippen molar-refractivity contribution in [1.29, 1.82) is 0 Å². The van der Waals surface area contributed by atoms with Crippen LogP contribution in [0.1, 0.15) is 61.3 Å². The number of phenolic OH excluding ortho intramolecular Hbond substituents is 2. The molecule has 1 aliphatic rings. The lowest BCUT2D eigenvalue weighted by atomic mass is 9.76. The molecule has 0 spiro atoms. The Morgan fingerprint density at radius 3 is 2.66 bits per heavy atom. The number of hydrogen-bond acceptors (Lipinski definition) is 5. The van der Waals surface area contributed by atoms with Gasteiger partial charge < -0.3 is 26.2 Å². The predicted molar refractivity (Wildman–Crippen MR) is 128 cm³/mol. The van der Waals surface area contributed by atoms with Crippen LogP contribution >= 0.6 is 34.0 Å². The highest BCUT2D eigenvalue weighted by Gasteiger charge is 2.29. The van der Waals surface area contributed by atoms with Gasteiger partial charge in [-0.05, 0) is 49.8 Å². The Morgan fingerprint density at radius 2 is 1.90 bits per heavy atom. The summed E-state index contributed by atoms with van der Waals surface area (Å²) in [4.78, 5) is 7.19. The molecular formula is C21H34Br2N4O2. The quantitative estimate of drug-likeness (QED) is 0.233. The molecule has 0 saturated carbocycles. The average Bonchev–Trinajstić information content (AvgIpc) is 3.18. The average molecular weight is 534 g/mol. The molecule has 2 atom stereocenters. The number of halogens is 2. The number of aromatic hydroxyl groups is 2. The maximum atomic E-state index is 10.1. The van der Waals surface area contributed by atoms with E-state index in [1.165, 1.54) is 19.3 Å². The number of unbranched alkanes of at least 4 members (excludes halogenated alkanes) is 3. The van der Waals surface area contributed by atoms with E-state index in [2.05, 4.69) is 15.3 Å². The molecule has 8 heteroatoms. The van der Waals surface area contributed by atoms with Crippen LogP contribution < -0.4 is 11.1 Å². The summed E-state index contributed by atoms with van der Waals surface area (Å²) in [6.45, 7) is 2.01. The smallest absolute Gasteiger partial charge is 0.160 e. The molecular weight excluding hydrogens is 500 g/mol. The summed E-state index contributed by atoms with van der Waals surface area (Å²) in [5.74, 6) is 0.306. The Morgan fingerprint density at radius 1 is 1.10 bits per heavy atom. The maximum Gasteiger partial charge on any atom is 0.160 e. The van der Waals surface area contributed by atoms with Crippen molar-refractivity contribution >= 4 is 34.0 Å². The SMILES string of the molecule is Br.Br.NC1CCc2c(ccc(O)c2O)C1CCCCCCNCCc1c[nH]cn1. The summed E-state index contributed by atoms with van der Waals surface area (Å²) in [6.07, 6.45) is 12.0. The van der Waals surface area contributed by atoms with E-state index in [1.54, 1.807) is 12.4 Å². The largest absolute Gasteiger partial charge is 0.504 e. The van der Waals surface area contributed by atoms with Crippen LogP contribution in [0, 0.1) is 0 Å². The van der Waals surface area contributed by atoms with Gasteiger partial charge >= 0.3 is 0 Å². The second-order valence-corrected chi connectivity index (χ2v) is 7.57. The molecule has 0 fully saturated rings. The number of fused-ring (bicyclic) bond motifs is 1. The summed E-state index contributed by atoms with van der Waals surface area (Å²) in [7, 11) is 0. The lowest BCUT2D eigenvalue weighted by Gasteiger charge is -2.32. The number of imidazole rings is 1. The van der Waals surface area contributed by atoms with E-state index in [0.29, 0.717) is 0 Å². The zero-order valence-corrected chi connectivity index (χ0v) is 20.2. The van der Waals surface area contributed by atoms with Crippen LogP contribution in [0.25, 0.3) is 0 Å². The van der Waals surface area contributed by atoms with Crippen molar-refractivity contribution in [3.63, 3.8) is 0 Å². The molecule has 1 aromatic carbocycles. The van der Waals surface area contributed by atoms with E-state index in [-0.39, 0.29) is 57.4 Å². The van der Waals surface area contributed by atoms with Gasteiger partial charge in [0.15, 0.2) is 11.5 Å². The fourth-order valence-corrected chi connectivity index (χ4v) is 4.10. The number of rotatable bonds is 10. The monoisotopic (exact) mass is 532 g/mol. The highest BCUT2D eigenvalue weighted by Crippen LogP contribution is 2.42. The first-order valence-corrected chi connectivity index (χ1v) is 10.1. The molecule has 0 bridgehead atoms. The van der Waals surface area contributed by atoms with Gasteiger partial charge in [-0.3, -0.25) is 0 Å². The molecule has 6 N–H and O–H groups in total. The van der Waals surface area contributed by atoms with Crippen LogP contribution in [-0.4, -0.2) is 39.3 Å². The van der Waals surface area contributed by atoms with Gasteiger partial charge in [-0.2, -0.15) is 0 Å². The Labute approximate surface area is 194 Å². The van der Waals surface area contributed by atoms with Crippen LogP contribution in [-0.2, 0) is 12.8 Å². The van der Waals surface area contributed by atoms with Crippen LogP contribution in [0.4, 0.5) is 0 Å². The van der Waals surface area contributed by atoms with E-state index in [0.717, 1.165) is 62.0 Å². The summed E-state index contributed by atoms with van der Waals surface area (Å²) < 4.78 is 0. The zero-order valence-electron chi connectivity index (χ0n) is 16.8. The number of aromatic amines is 1. The normalized spacial score (nSPS) is 17.8. The van der Waals surface area contributed by atoms with Crippen LogP contribution in [0.5, 0.6) is 11.5 Å². The molecule has 3 rings (SSSR count). The Balaban J connectivity index is 0.00000210. The Hall–Kier alpha value is -1.09. The van der Waals surface area contributed by atoms with Gasteiger partial charge in [-0.25, -0.2) is 4.98 Å². The summed E-state index contributed by atoms with van der Waals surface area (Å²) >= 11 is 0. The number of nitrogens with two attached hydrogens (primary N) is 1. The van der Waals surface area contributed by atoms with Crippen molar-refractivity contribution in [3.05, 3.63) is 41.5 Å². The fourth-order valence-electron chi connectivity index (χ4n) is 4.10. The van der Waals surface area contributed by atoms with Gasteiger partial charge in [0.05, 0.1) is 12.0 Å². The van der Waals surface area contributed by atoms with E-state index in [9.17, 15) is 10.2 Å². The summed E-state index contributed by atoms with van der Waals surface area (Å²) in [5.41, 5.74) is 9.48. The van der Waals surface area contributed by atoms with Crippen LogP contribution in [0.2, 0.25) is 0 Å². The van der Waals surface area contributed by atoms with Gasteiger partial charge in [0.2, 0.25) is 0 Å². The van der Waals surface area contributed by atoms with E-state index < -0.39 is 0 Å². The molecule has 29 heavy (non-hydrogen) atoms. The number of nitrogens with zero attached hydrogens (tertiary/aromatic N) is 1. The fraction of sp³-hybridized carbons (Fsp3) is 0.571. The third kappa shape index (κ3) is 7.27. The minimum atomic E-state index is -0.0252. The Bertz CT molecular complexity index is 713. The van der Waals surface area contributed by atoms with Crippen molar-refractivity contribution in [2.45, 2.75) is 63.3 Å². The van der Waals surface area contributed by atoms with Gasteiger partial charge in [-0.15, -0.1) is 34.0 Å². The molecule has 1 aromatic heterocycles. The first kappa shape index (κ1) is 25.9. The lowest BCUT2D eigenvalue weighted by molar-refractivity contribution is 0.380. The Kier molecular flexibility index (Phi) is 11.9. The van der Waals surface area contributed by atoms with E-state index >= 15 is 0 Å². The first-order chi connectivity index (χ1) is 13.2. The standard InChI is InChI=1S/C21H32N4O2.2BrH/c22-19-8-6-18-16(7-9-20(26)21(18)27)17(19)5-3-1-2-4-11-23-12-10-15-13-24-14-25-15;;/h7,9,13-14,17,19,23,26-27H,1-6,8,10-12,22H2,(H,24,25);2*1H. The third-order valence-corrected chi connectivity index (χ3v) is 5.67. The molecule has 164 valence electrons. The van der Waals surface area contributed by atoms with Crippen LogP contribution in [0.3, 0.4) is 0 Å². The van der Waals surface area contributed by atoms with Crippen molar-refractivity contribution in [1.82, 2.24) is 15.3 Å². The topological polar surface area (TPSA) is 107 Å². The van der Waals surface area contributed by atoms with E-state index in [1.807, 2.05) is 12.3 Å². The minimum absolute atomic E-state index is 0.